The first-order valence-electron chi connectivity index (χ1n) is 8.71. The summed E-state index contributed by atoms with van der Waals surface area (Å²) in [5, 5.41) is 0. The Morgan fingerprint density at radius 3 is 2.54 bits per heavy atom. The molecule has 1 fully saturated rings. The van der Waals surface area contributed by atoms with Crippen LogP contribution < -0.4 is 4.90 Å². The maximum absolute atomic E-state index is 13.2. The Balaban J connectivity index is 1.98. The highest BCUT2D eigenvalue weighted by molar-refractivity contribution is 7.89. The molecule has 138 valence electrons. The van der Waals surface area contributed by atoms with Crippen molar-refractivity contribution < 1.29 is 13.2 Å². The summed E-state index contributed by atoms with van der Waals surface area (Å²) in [4.78, 5) is 13.8. The minimum atomic E-state index is -3.66. The van der Waals surface area contributed by atoms with E-state index in [1.54, 1.807) is 22.5 Å². The van der Waals surface area contributed by atoms with Gasteiger partial charge in [0.2, 0.25) is 10.0 Å². The van der Waals surface area contributed by atoms with Gasteiger partial charge >= 0.3 is 0 Å². The van der Waals surface area contributed by atoms with E-state index in [2.05, 4.69) is 0 Å². The number of rotatable bonds is 5. The van der Waals surface area contributed by atoms with E-state index < -0.39 is 10.0 Å². The zero-order chi connectivity index (χ0) is 18.9. The van der Waals surface area contributed by atoms with E-state index in [9.17, 15) is 13.2 Å². The summed E-state index contributed by atoms with van der Waals surface area (Å²) in [6, 6.07) is 14.1. The Bertz CT molecular complexity index is 922. The molecular formula is C20H24N2O3S. The van der Waals surface area contributed by atoms with E-state index in [0.29, 0.717) is 12.1 Å². The number of ketones is 1. The van der Waals surface area contributed by atoms with Crippen molar-refractivity contribution >= 4 is 21.5 Å². The van der Waals surface area contributed by atoms with Gasteiger partial charge in [-0.25, -0.2) is 8.42 Å². The summed E-state index contributed by atoms with van der Waals surface area (Å²) in [6.07, 6.45) is 1.62. The molecule has 2 aromatic carbocycles. The Kier molecular flexibility index (Phi) is 5.16. The SMILES string of the molecule is CC(=O)c1cccc(S(=O)(=O)N2CCCC2c2cccc(N(C)C)c2)c1. The van der Waals surface area contributed by atoms with Gasteiger partial charge in [0, 0.05) is 31.9 Å². The number of nitrogens with zero attached hydrogens (tertiary/aromatic N) is 2. The van der Waals surface area contributed by atoms with Gasteiger partial charge in [-0.1, -0.05) is 24.3 Å². The van der Waals surface area contributed by atoms with E-state index in [4.69, 9.17) is 0 Å². The lowest BCUT2D eigenvalue weighted by atomic mass is 10.0. The zero-order valence-electron chi connectivity index (χ0n) is 15.3. The molecule has 0 radical (unpaired) electrons. The fourth-order valence-corrected chi connectivity index (χ4v) is 5.11. The van der Waals surface area contributed by atoms with Gasteiger partial charge in [0.15, 0.2) is 5.78 Å². The van der Waals surface area contributed by atoms with Gasteiger partial charge in [0.05, 0.1) is 10.9 Å². The van der Waals surface area contributed by atoms with Crippen LogP contribution in [-0.4, -0.2) is 39.1 Å². The Morgan fingerprint density at radius 2 is 1.85 bits per heavy atom. The number of anilines is 1. The number of hydrogen-bond acceptors (Lipinski definition) is 4. The van der Waals surface area contributed by atoms with Gasteiger partial charge in [-0.3, -0.25) is 4.79 Å². The molecule has 0 bridgehead atoms. The van der Waals surface area contributed by atoms with Crippen molar-refractivity contribution in [2.75, 3.05) is 25.5 Å². The summed E-state index contributed by atoms with van der Waals surface area (Å²) < 4.78 is 28.0. The predicted molar refractivity (Wildman–Crippen MR) is 103 cm³/mol. The third-order valence-corrected chi connectivity index (χ3v) is 6.73. The van der Waals surface area contributed by atoms with E-state index in [0.717, 1.165) is 24.1 Å². The second kappa shape index (κ2) is 7.21. The predicted octanol–water partition coefficient (Wildman–Crippen LogP) is 3.48. The Hall–Kier alpha value is -2.18. The molecule has 1 saturated heterocycles. The molecule has 3 rings (SSSR count). The first kappa shape index (κ1) is 18.6. The molecule has 0 amide bonds. The normalized spacial score (nSPS) is 18.0. The van der Waals surface area contributed by atoms with Gasteiger partial charge in [0.1, 0.15) is 0 Å². The van der Waals surface area contributed by atoms with Crippen LogP contribution in [0.2, 0.25) is 0 Å². The molecule has 26 heavy (non-hydrogen) atoms. The molecule has 1 unspecified atom stereocenters. The van der Waals surface area contributed by atoms with E-state index in [1.807, 2.05) is 43.3 Å². The van der Waals surface area contributed by atoms with Crippen molar-refractivity contribution in [2.24, 2.45) is 0 Å². The second-order valence-corrected chi connectivity index (χ2v) is 8.74. The molecule has 1 heterocycles. The molecule has 2 aromatic rings. The van der Waals surface area contributed by atoms with Gasteiger partial charge in [-0.05, 0) is 49.6 Å². The van der Waals surface area contributed by atoms with E-state index >= 15 is 0 Å². The number of hydrogen-bond donors (Lipinski definition) is 0. The molecule has 5 nitrogen and oxygen atoms in total. The van der Waals surface area contributed by atoms with Crippen LogP contribution in [0.15, 0.2) is 53.4 Å². The summed E-state index contributed by atoms with van der Waals surface area (Å²) >= 11 is 0. The van der Waals surface area contributed by atoms with Crippen LogP contribution in [-0.2, 0) is 10.0 Å². The van der Waals surface area contributed by atoms with Crippen molar-refractivity contribution in [3.63, 3.8) is 0 Å². The maximum Gasteiger partial charge on any atom is 0.243 e. The van der Waals surface area contributed by atoms with Crippen LogP contribution in [0.5, 0.6) is 0 Å². The third-order valence-electron chi connectivity index (χ3n) is 4.82. The lowest BCUT2D eigenvalue weighted by Gasteiger charge is -2.25. The molecule has 0 aromatic heterocycles. The monoisotopic (exact) mass is 372 g/mol. The highest BCUT2D eigenvalue weighted by atomic mass is 32.2. The van der Waals surface area contributed by atoms with Gasteiger partial charge in [0.25, 0.3) is 0 Å². The van der Waals surface area contributed by atoms with Crippen LogP contribution >= 0.6 is 0 Å². The molecule has 0 N–H and O–H groups in total. The summed E-state index contributed by atoms with van der Waals surface area (Å²) in [6.45, 7) is 1.93. The average Bonchev–Trinajstić information content (AvgIpc) is 3.12. The fourth-order valence-electron chi connectivity index (χ4n) is 3.38. The van der Waals surface area contributed by atoms with E-state index in [-0.39, 0.29) is 16.7 Å². The van der Waals surface area contributed by atoms with Crippen molar-refractivity contribution in [1.29, 1.82) is 0 Å². The summed E-state index contributed by atoms with van der Waals surface area (Å²) in [7, 11) is 0.278. The van der Waals surface area contributed by atoms with Crippen molar-refractivity contribution in [3.8, 4) is 0 Å². The maximum atomic E-state index is 13.2. The molecule has 1 aliphatic rings. The molecule has 0 saturated carbocycles. The first-order valence-corrected chi connectivity index (χ1v) is 10.1. The number of carbonyl (C=O) groups is 1. The first-order chi connectivity index (χ1) is 12.3. The van der Waals surface area contributed by atoms with Gasteiger partial charge in [-0.15, -0.1) is 0 Å². The Morgan fingerprint density at radius 1 is 1.12 bits per heavy atom. The number of carbonyl (C=O) groups excluding carboxylic acids is 1. The molecule has 0 spiro atoms. The third kappa shape index (κ3) is 3.52. The second-order valence-electron chi connectivity index (χ2n) is 6.85. The van der Waals surface area contributed by atoms with Crippen molar-refractivity contribution in [2.45, 2.75) is 30.7 Å². The Labute approximate surface area is 155 Å². The lowest BCUT2D eigenvalue weighted by molar-refractivity contribution is 0.101. The summed E-state index contributed by atoms with van der Waals surface area (Å²) in [5.74, 6) is -0.140. The van der Waals surface area contributed by atoms with Gasteiger partial charge < -0.3 is 4.90 Å². The zero-order valence-corrected chi connectivity index (χ0v) is 16.2. The van der Waals surface area contributed by atoms with Crippen LogP contribution in [0.4, 0.5) is 5.69 Å². The highest BCUT2D eigenvalue weighted by Gasteiger charge is 2.36. The molecule has 1 aliphatic heterocycles. The summed E-state index contributed by atoms with van der Waals surface area (Å²) in [5.41, 5.74) is 2.46. The van der Waals surface area contributed by atoms with Crippen molar-refractivity contribution in [1.82, 2.24) is 4.31 Å². The standard InChI is InChI=1S/C20H24N2O3S/c1-15(23)16-7-5-10-19(14-16)26(24,25)22-12-6-11-20(22)17-8-4-9-18(13-17)21(2)3/h4-5,7-10,13-14,20H,6,11-12H2,1-3H3. The average molecular weight is 372 g/mol. The quantitative estimate of drug-likeness (QED) is 0.754. The topological polar surface area (TPSA) is 57.7 Å². The fraction of sp³-hybridized carbons (Fsp3) is 0.350. The minimum absolute atomic E-state index is 0.140. The highest BCUT2D eigenvalue weighted by Crippen LogP contribution is 2.37. The van der Waals surface area contributed by atoms with Crippen molar-refractivity contribution in [3.05, 3.63) is 59.7 Å². The number of Topliss-reactive ketones (excluding diaryl/α,β-unsaturated/α-hetero) is 1. The smallest absolute Gasteiger partial charge is 0.243 e. The molecular weight excluding hydrogens is 348 g/mol. The molecule has 6 heteroatoms. The molecule has 1 atom stereocenters. The van der Waals surface area contributed by atoms with Crippen LogP contribution in [0.1, 0.15) is 41.7 Å². The minimum Gasteiger partial charge on any atom is -0.378 e. The van der Waals surface area contributed by atoms with Gasteiger partial charge in [-0.2, -0.15) is 4.31 Å². The van der Waals surface area contributed by atoms with Crippen LogP contribution in [0.25, 0.3) is 0 Å². The molecule has 0 aliphatic carbocycles. The number of sulfonamides is 1. The van der Waals surface area contributed by atoms with E-state index in [1.165, 1.54) is 13.0 Å². The van der Waals surface area contributed by atoms with Crippen LogP contribution in [0, 0.1) is 0 Å². The lowest BCUT2D eigenvalue weighted by Crippen LogP contribution is -2.31. The number of benzene rings is 2. The van der Waals surface area contributed by atoms with Crippen LogP contribution in [0.3, 0.4) is 0 Å². The largest absolute Gasteiger partial charge is 0.378 e.